The summed E-state index contributed by atoms with van der Waals surface area (Å²) in [4.78, 5) is 16.3. The number of alkyl halides is 3. The van der Waals surface area contributed by atoms with Crippen molar-refractivity contribution in [2.75, 3.05) is 11.1 Å². The number of hydrogen-bond donors (Lipinski definition) is 1. The van der Waals surface area contributed by atoms with Gasteiger partial charge in [0.15, 0.2) is 5.16 Å². The molecule has 0 saturated carbocycles. The second kappa shape index (κ2) is 8.52. The van der Waals surface area contributed by atoms with Crippen molar-refractivity contribution in [1.82, 2.24) is 9.55 Å². The van der Waals surface area contributed by atoms with Gasteiger partial charge in [-0.15, -0.1) is 0 Å². The molecule has 0 aliphatic carbocycles. The number of anilines is 1. The molecule has 3 rings (SSSR count). The maximum Gasteiger partial charge on any atom is 0.416 e. The van der Waals surface area contributed by atoms with Crippen LogP contribution in [0.3, 0.4) is 0 Å². The summed E-state index contributed by atoms with van der Waals surface area (Å²) in [5.41, 5.74) is 1.48. The third-order valence-electron chi connectivity index (χ3n) is 4.04. The lowest BCUT2D eigenvalue weighted by Gasteiger charge is -2.11. The topological polar surface area (TPSA) is 46.9 Å². The van der Waals surface area contributed by atoms with Crippen molar-refractivity contribution < 1.29 is 18.0 Å². The van der Waals surface area contributed by atoms with E-state index in [0.717, 1.165) is 30.3 Å². The Morgan fingerprint density at radius 1 is 1.18 bits per heavy atom. The van der Waals surface area contributed by atoms with Crippen molar-refractivity contribution in [3.8, 4) is 5.69 Å². The number of imidazole rings is 1. The number of hydrogen-bond acceptors (Lipinski definition) is 3. The van der Waals surface area contributed by atoms with E-state index in [2.05, 4.69) is 17.2 Å². The number of amides is 1. The minimum atomic E-state index is -4.42. The quantitative estimate of drug-likeness (QED) is 0.575. The van der Waals surface area contributed by atoms with E-state index in [1.54, 1.807) is 12.3 Å². The number of carbonyl (C=O) groups excluding carboxylic acids is 1. The van der Waals surface area contributed by atoms with Gasteiger partial charge in [0.2, 0.25) is 5.91 Å². The molecule has 0 unspecified atom stereocenters. The third kappa shape index (κ3) is 4.95. The van der Waals surface area contributed by atoms with Crippen molar-refractivity contribution in [2.45, 2.75) is 24.7 Å². The fraction of sp³-hybridized carbons (Fsp3) is 0.200. The number of nitrogens with one attached hydrogen (secondary N) is 1. The highest BCUT2D eigenvalue weighted by Gasteiger charge is 2.30. The first-order valence-electron chi connectivity index (χ1n) is 8.59. The molecule has 146 valence electrons. The SMILES string of the molecule is CCc1ccc(NC(=O)CSc2nccn2-c2cccc(C(F)(F)F)c2)cc1. The van der Waals surface area contributed by atoms with Gasteiger partial charge in [-0.05, 0) is 42.3 Å². The van der Waals surface area contributed by atoms with Crippen LogP contribution in [-0.2, 0) is 17.4 Å². The highest BCUT2D eigenvalue weighted by Crippen LogP contribution is 2.31. The molecule has 0 saturated heterocycles. The molecule has 0 bridgehead atoms. The molecule has 3 aromatic rings. The average molecular weight is 405 g/mol. The van der Waals surface area contributed by atoms with E-state index >= 15 is 0 Å². The number of benzene rings is 2. The van der Waals surface area contributed by atoms with Crippen LogP contribution in [0.25, 0.3) is 5.69 Å². The molecule has 1 amide bonds. The van der Waals surface area contributed by atoms with Crippen LogP contribution in [0.15, 0.2) is 66.1 Å². The molecule has 0 spiro atoms. The van der Waals surface area contributed by atoms with E-state index < -0.39 is 11.7 Å². The Morgan fingerprint density at radius 2 is 1.93 bits per heavy atom. The molecular weight excluding hydrogens is 387 g/mol. The normalized spacial score (nSPS) is 11.4. The molecule has 4 nitrogen and oxygen atoms in total. The minimum absolute atomic E-state index is 0.0888. The Bertz CT molecular complexity index is 952. The lowest BCUT2D eigenvalue weighted by molar-refractivity contribution is -0.137. The zero-order valence-corrected chi connectivity index (χ0v) is 15.8. The van der Waals surface area contributed by atoms with E-state index in [4.69, 9.17) is 0 Å². The van der Waals surface area contributed by atoms with Gasteiger partial charge in [0.1, 0.15) is 0 Å². The second-order valence-corrected chi connectivity index (χ2v) is 6.96. The summed E-state index contributed by atoms with van der Waals surface area (Å²) >= 11 is 1.16. The van der Waals surface area contributed by atoms with Crippen molar-refractivity contribution >= 4 is 23.4 Å². The van der Waals surface area contributed by atoms with Gasteiger partial charge in [-0.2, -0.15) is 13.2 Å². The zero-order valence-electron chi connectivity index (χ0n) is 15.0. The van der Waals surface area contributed by atoms with E-state index in [1.807, 2.05) is 24.3 Å². The summed E-state index contributed by atoms with van der Waals surface area (Å²) in [6, 6.07) is 12.6. The number of halogens is 3. The lowest BCUT2D eigenvalue weighted by atomic mass is 10.1. The van der Waals surface area contributed by atoms with Crippen molar-refractivity contribution in [3.05, 3.63) is 72.1 Å². The van der Waals surface area contributed by atoms with Crippen LogP contribution in [0, 0.1) is 0 Å². The van der Waals surface area contributed by atoms with E-state index in [-0.39, 0.29) is 11.7 Å². The Kier molecular flexibility index (Phi) is 6.08. The fourth-order valence-corrected chi connectivity index (χ4v) is 3.35. The molecule has 0 aliphatic rings. The summed E-state index contributed by atoms with van der Waals surface area (Å²) in [5, 5.41) is 3.24. The molecule has 0 fully saturated rings. The Hall–Kier alpha value is -2.74. The summed E-state index contributed by atoms with van der Waals surface area (Å²) in [6.07, 6.45) is -0.442. The predicted octanol–water partition coefficient (Wildman–Crippen LogP) is 5.18. The minimum Gasteiger partial charge on any atom is -0.325 e. The second-order valence-electron chi connectivity index (χ2n) is 6.02. The first-order chi connectivity index (χ1) is 13.4. The van der Waals surface area contributed by atoms with Crippen LogP contribution in [0.2, 0.25) is 0 Å². The van der Waals surface area contributed by atoms with Gasteiger partial charge in [-0.3, -0.25) is 9.36 Å². The van der Waals surface area contributed by atoms with Gasteiger partial charge in [-0.1, -0.05) is 36.9 Å². The summed E-state index contributed by atoms with van der Waals surface area (Å²) in [6.45, 7) is 2.05. The molecule has 2 aromatic carbocycles. The van der Waals surface area contributed by atoms with Crippen molar-refractivity contribution in [3.63, 3.8) is 0 Å². The first kappa shape index (κ1) is 20.0. The summed E-state index contributed by atoms with van der Waals surface area (Å²) in [7, 11) is 0. The number of carbonyl (C=O) groups is 1. The first-order valence-corrected chi connectivity index (χ1v) is 9.58. The van der Waals surface area contributed by atoms with Crippen LogP contribution in [-0.4, -0.2) is 21.2 Å². The standard InChI is InChI=1S/C20H18F3N3OS/c1-2-14-6-8-16(9-7-14)25-18(27)13-28-19-24-10-11-26(19)17-5-3-4-15(12-17)20(21,22)23/h3-12H,2,13H2,1H3,(H,25,27). The molecule has 28 heavy (non-hydrogen) atoms. The van der Waals surface area contributed by atoms with Gasteiger partial charge in [0.25, 0.3) is 0 Å². The predicted molar refractivity (Wildman–Crippen MR) is 104 cm³/mol. The number of thioether (sulfide) groups is 1. The zero-order chi connectivity index (χ0) is 20.1. The number of aromatic nitrogens is 2. The maximum atomic E-state index is 12.9. The van der Waals surface area contributed by atoms with Gasteiger partial charge >= 0.3 is 6.18 Å². The van der Waals surface area contributed by atoms with Crippen LogP contribution in [0.1, 0.15) is 18.1 Å². The fourth-order valence-electron chi connectivity index (χ4n) is 2.58. The van der Waals surface area contributed by atoms with Crippen LogP contribution in [0.5, 0.6) is 0 Å². The molecule has 8 heteroatoms. The van der Waals surface area contributed by atoms with Gasteiger partial charge in [-0.25, -0.2) is 4.98 Å². The largest absolute Gasteiger partial charge is 0.416 e. The molecule has 1 heterocycles. The van der Waals surface area contributed by atoms with Gasteiger partial charge in [0.05, 0.1) is 11.3 Å². The Labute approximate surface area is 164 Å². The number of aryl methyl sites for hydroxylation is 1. The van der Waals surface area contributed by atoms with E-state index in [9.17, 15) is 18.0 Å². The molecule has 1 aromatic heterocycles. The smallest absolute Gasteiger partial charge is 0.325 e. The van der Waals surface area contributed by atoms with Crippen molar-refractivity contribution in [1.29, 1.82) is 0 Å². The highest BCUT2D eigenvalue weighted by atomic mass is 32.2. The molecule has 0 aliphatic heterocycles. The number of nitrogens with zero attached hydrogens (tertiary/aromatic N) is 2. The maximum absolute atomic E-state index is 12.9. The van der Waals surface area contributed by atoms with E-state index in [1.165, 1.54) is 22.4 Å². The van der Waals surface area contributed by atoms with Crippen LogP contribution >= 0.6 is 11.8 Å². The van der Waals surface area contributed by atoms with Crippen LogP contribution < -0.4 is 5.32 Å². The van der Waals surface area contributed by atoms with Gasteiger partial charge in [0, 0.05) is 23.8 Å². The highest BCUT2D eigenvalue weighted by molar-refractivity contribution is 7.99. The van der Waals surface area contributed by atoms with Gasteiger partial charge < -0.3 is 5.32 Å². The van der Waals surface area contributed by atoms with Crippen molar-refractivity contribution in [2.24, 2.45) is 0 Å². The Morgan fingerprint density at radius 3 is 2.61 bits per heavy atom. The average Bonchev–Trinajstić information content (AvgIpc) is 3.15. The lowest BCUT2D eigenvalue weighted by Crippen LogP contribution is -2.14. The van der Waals surface area contributed by atoms with E-state index in [0.29, 0.717) is 16.5 Å². The molecule has 0 radical (unpaired) electrons. The third-order valence-corrected chi connectivity index (χ3v) is 5.00. The number of rotatable bonds is 6. The monoisotopic (exact) mass is 405 g/mol. The molecular formula is C20H18F3N3OS. The van der Waals surface area contributed by atoms with Crippen LogP contribution in [0.4, 0.5) is 18.9 Å². The summed E-state index contributed by atoms with van der Waals surface area (Å²) < 4.78 is 40.3. The molecule has 0 atom stereocenters. The Balaban J connectivity index is 1.66. The summed E-state index contributed by atoms with van der Waals surface area (Å²) in [5.74, 6) is -0.126. The molecule has 1 N–H and O–H groups in total.